The van der Waals surface area contributed by atoms with Crippen LogP contribution in [0.2, 0.25) is 0 Å². The smallest absolute Gasteiger partial charge is 0.277 e. The van der Waals surface area contributed by atoms with Gasteiger partial charge in [0.1, 0.15) is 12.7 Å². The Labute approximate surface area is 146 Å². The number of hydrogen-bond donors (Lipinski definition) is 1. The molecule has 26 heavy (non-hydrogen) atoms. The lowest BCUT2D eigenvalue weighted by Gasteiger charge is -2.26. The van der Waals surface area contributed by atoms with E-state index in [0.29, 0.717) is 11.5 Å². The maximum atomic E-state index is 12.2. The molecular formula is C16H13N3O7. The van der Waals surface area contributed by atoms with Crippen molar-refractivity contribution in [3.05, 3.63) is 68.3 Å². The first-order valence-electron chi connectivity index (χ1n) is 7.54. The van der Waals surface area contributed by atoms with Crippen molar-refractivity contribution in [2.75, 3.05) is 13.2 Å². The van der Waals surface area contributed by atoms with Crippen LogP contribution in [0.25, 0.3) is 0 Å². The Morgan fingerprint density at radius 3 is 2.31 bits per heavy atom. The molecule has 0 spiro atoms. The van der Waals surface area contributed by atoms with Crippen molar-refractivity contribution >= 4 is 17.3 Å². The van der Waals surface area contributed by atoms with E-state index < -0.39 is 33.2 Å². The molecule has 1 atom stereocenters. The lowest BCUT2D eigenvalue weighted by molar-refractivity contribution is -0.394. The second-order valence-corrected chi connectivity index (χ2v) is 5.46. The van der Waals surface area contributed by atoms with Crippen molar-refractivity contribution in [1.82, 2.24) is 5.32 Å². The van der Waals surface area contributed by atoms with Crippen LogP contribution in [-0.4, -0.2) is 35.0 Å². The number of nitro benzene ring substituents is 2. The number of amides is 1. The molecular weight excluding hydrogens is 346 g/mol. The highest BCUT2D eigenvalue weighted by Gasteiger charge is 2.23. The Balaban J connectivity index is 1.69. The molecule has 1 amide bonds. The van der Waals surface area contributed by atoms with E-state index in [1.807, 2.05) is 0 Å². The van der Waals surface area contributed by atoms with E-state index in [2.05, 4.69) is 5.32 Å². The normalized spacial score (nSPS) is 15.2. The van der Waals surface area contributed by atoms with Crippen LogP contribution in [0, 0.1) is 20.2 Å². The van der Waals surface area contributed by atoms with Gasteiger partial charge >= 0.3 is 0 Å². The first-order chi connectivity index (χ1) is 12.4. The van der Waals surface area contributed by atoms with Gasteiger partial charge < -0.3 is 14.8 Å². The van der Waals surface area contributed by atoms with Gasteiger partial charge in [-0.2, -0.15) is 0 Å². The molecule has 3 rings (SSSR count). The SMILES string of the molecule is O=C(NC[C@@H]1COc2ccccc2O1)c1cc([N+](=O)[O-])cc([N+](=O)[O-])c1. The summed E-state index contributed by atoms with van der Waals surface area (Å²) in [6.07, 6.45) is -0.456. The van der Waals surface area contributed by atoms with Crippen molar-refractivity contribution in [2.45, 2.75) is 6.10 Å². The monoisotopic (exact) mass is 359 g/mol. The molecule has 0 bridgehead atoms. The molecule has 2 aromatic carbocycles. The molecule has 1 aliphatic heterocycles. The van der Waals surface area contributed by atoms with E-state index in [1.165, 1.54) is 0 Å². The highest BCUT2D eigenvalue weighted by molar-refractivity contribution is 5.95. The van der Waals surface area contributed by atoms with Gasteiger partial charge in [-0.3, -0.25) is 25.0 Å². The number of carbonyl (C=O) groups is 1. The minimum Gasteiger partial charge on any atom is -0.486 e. The fourth-order valence-corrected chi connectivity index (χ4v) is 2.41. The Morgan fingerprint density at radius 2 is 1.69 bits per heavy atom. The number of non-ortho nitro benzene ring substituents is 2. The summed E-state index contributed by atoms with van der Waals surface area (Å²) in [4.78, 5) is 32.4. The number of nitrogens with one attached hydrogen (secondary N) is 1. The third kappa shape index (κ3) is 3.69. The Morgan fingerprint density at radius 1 is 1.08 bits per heavy atom. The molecule has 0 fully saturated rings. The second-order valence-electron chi connectivity index (χ2n) is 5.46. The van der Waals surface area contributed by atoms with Gasteiger partial charge in [0.2, 0.25) is 0 Å². The fourth-order valence-electron chi connectivity index (χ4n) is 2.41. The average Bonchev–Trinajstić information content (AvgIpc) is 2.65. The van der Waals surface area contributed by atoms with Crippen LogP contribution in [0.5, 0.6) is 11.5 Å². The molecule has 10 heteroatoms. The number of benzene rings is 2. The zero-order valence-electron chi connectivity index (χ0n) is 13.3. The molecule has 0 aliphatic carbocycles. The van der Waals surface area contributed by atoms with E-state index in [4.69, 9.17) is 9.47 Å². The first-order valence-corrected chi connectivity index (χ1v) is 7.54. The lowest BCUT2D eigenvalue weighted by atomic mass is 10.1. The number of carbonyl (C=O) groups excluding carboxylic acids is 1. The molecule has 0 aromatic heterocycles. The number of nitrogens with zero attached hydrogens (tertiary/aromatic N) is 2. The summed E-state index contributed by atoms with van der Waals surface area (Å²) in [6.45, 7) is 0.288. The van der Waals surface area contributed by atoms with Gasteiger partial charge in [0.05, 0.1) is 28.0 Å². The molecule has 10 nitrogen and oxygen atoms in total. The van der Waals surface area contributed by atoms with Gasteiger partial charge in [0, 0.05) is 12.1 Å². The van der Waals surface area contributed by atoms with Gasteiger partial charge in [0.25, 0.3) is 17.3 Å². The summed E-state index contributed by atoms with van der Waals surface area (Å²) >= 11 is 0. The highest BCUT2D eigenvalue weighted by atomic mass is 16.6. The predicted molar refractivity (Wildman–Crippen MR) is 88.4 cm³/mol. The van der Waals surface area contributed by atoms with E-state index in [1.54, 1.807) is 24.3 Å². The zero-order chi connectivity index (χ0) is 18.7. The van der Waals surface area contributed by atoms with Crippen LogP contribution in [0.15, 0.2) is 42.5 Å². The lowest BCUT2D eigenvalue weighted by Crippen LogP contribution is -2.40. The number of hydrogen-bond acceptors (Lipinski definition) is 7. The van der Waals surface area contributed by atoms with Gasteiger partial charge in [-0.1, -0.05) is 12.1 Å². The quantitative estimate of drug-likeness (QED) is 0.638. The van der Waals surface area contributed by atoms with Crippen LogP contribution in [0.3, 0.4) is 0 Å². The fraction of sp³-hybridized carbons (Fsp3) is 0.188. The Hall–Kier alpha value is -3.69. The van der Waals surface area contributed by atoms with Gasteiger partial charge in [-0.05, 0) is 12.1 Å². The molecule has 134 valence electrons. The van der Waals surface area contributed by atoms with Crippen molar-refractivity contribution in [3.8, 4) is 11.5 Å². The van der Waals surface area contributed by atoms with E-state index in [-0.39, 0.29) is 18.7 Å². The molecule has 2 aromatic rings. The van der Waals surface area contributed by atoms with E-state index in [0.717, 1.165) is 18.2 Å². The minimum atomic E-state index is -0.793. The topological polar surface area (TPSA) is 134 Å². The Bertz CT molecular complexity index is 852. The van der Waals surface area contributed by atoms with Crippen LogP contribution < -0.4 is 14.8 Å². The molecule has 1 aliphatic rings. The number of fused-ring (bicyclic) bond motifs is 1. The van der Waals surface area contributed by atoms with Crippen LogP contribution >= 0.6 is 0 Å². The average molecular weight is 359 g/mol. The Kier molecular flexibility index (Phi) is 4.65. The maximum Gasteiger partial charge on any atom is 0.277 e. The van der Waals surface area contributed by atoms with Gasteiger partial charge in [-0.25, -0.2) is 0 Å². The number of nitro groups is 2. The largest absolute Gasteiger partial charge is 0.486 e. The van der Waals surface area contributed by atoms with Crippen LogP contribution in [0.1, 0.15) is 10.4 Å². The second kappa shape index (κ2) is 7.05. The van der Waals surface area contributed by atoms with Crippen molar-refractivity contribution < 1.29 is 24.1 Å². The third-order valence-corrected chi connectivity index (χ3v) is 3.64. The molecule has 0 saturated heterocycles. The summed E-state index contributed by atoms with van der Waals surface area (Å²) in [5.41, 5.74) is -1.24. The van der Waals surface area contributed by atoms with Crippen LogP contribution in [0.4, 0.5) is 11.4 Å². The molecule has 0 radical (unpaired) electrons. The van der Waals surface area contributed by atoms with Crippen molar-refractivity contribution in [2.24, 2.45) is 0 Å². The summed E-state index contributed by atoms with van der Waals surface area (Å²) in [5, 5.41) is 24.3. The number of para-hydroxylation sites is 2. The molecule has 0 unspecified atom stereocenters. The summed E-state index contributed by atoms with van der Waals surface area (Å²) in [5.74, 6) is 0.465. The standard InChI is InChI=1S/C16H13N3O7/c20-16(10-5-11(18(21)22)7-12(6-10)19(23)24)17-8-13-9-25-14-3-1-2-4-15(14)26-13/h1-7,13H,8-9H2,(H,17,20)/t13-/m1/s1. The zero-order valence-corrected chi connectivity index (χ0v) is 13.3. The maximum absolute atomic E-state index is 12.2. The molecule has 1 heterocycles. The highest BCUT2D eigenvalue weighted by Crippen LogP contribution is 2.30. The first kappa shape index (κ1) is 17.1. The summed E-state index contributed by atoms with van der Waals surface area (Å²) < 4.78 is 11.2. The summed E-state index contributed by atoms with van der Waals surface area (Å²) in [6, 6.07) is 9.84. The van der Waals surface area contributed by atoms with Gasteiger partial charge in [0.15, 0.2) is 11.5 Å². The number of ether oxygens (including phenoxy) is 2. The number of rotatable bonds is 5. The van der Waals surface area contributed by atoms with Crippen LogP contribution in [-0.2, 0) is 0 Å². The third-order valence-electron chi connectivity index (χ3n) is 3.64. The van der Waals surface area contributed by atoms with Crippen molar-refractivity contribution in [1.29, 1.82) is 0 Å². The molecule has 1 N–H and O–H groups in total. The summed E-state index contributed by atoms with van der Waals surface area (Å²) in [7, 11) is 0. The predicted octanol–water partition coefficient (Wildman–Crippen LogP) is 2.07. The van der Waals surface area contributed by atoms with Crippen molar-refractivity contribution in [3.63, 3.8) is 0 Å². The van der Waals surface area contributed by atoms with Gasteiger partial charge in [-0.15, -0.1) is 0 Å². The molecule has 0 saturated carbocycles. The van der Waals surface area contributed by atoms with E-state index >= 15 is 0 Å². The van der Waals surface area contributed by atoms with E-state index in [9.17, 15) is 25.0 Å². The minimum absolute atomic E-state index is 0.0731.